The van der Waals surface area contributed by atoms with Crippen LogP contribution in [0.15, 0.2) is 12.1 Å². The van der Waals surface area contributed by atoms with Crippen molar-refractivity contribution >= 4 is 0 Å². The van der Waals surface area contributed by atoms with Gasteiger partial charge in [0.2, 0.25) is 0 Å². The lowest BCUT2D eigenvalue weighted by molar-refractivity contribution is 0.409. The van der Waals surface area contributed by atoms with Crippen LogP contribution < -0.4 is 15.4 Å². The van der Waals surface area contributed by atoms with Gasteiger partial charge in [-0.05, 0) is 69.5 Å². The maximum Gasteiger partial charge on any atom is 0.122 e. The molecule has 19 heavy (non-hydrogen) atoms. The molecule has 1 aliphatic rings. The van der Waals surface area contributed by atoms with E-state index in [2.05, 4.69) is 43.7 Å². The van der Waals surface area contributed by atoms with E-state index in [0.717, 1.165) is 12.2 Å². The van der Waals surface area contributed by atoms with E-state index in [9.17, 15) is 0 Å². The molecule has 1 saturated heterocycles. The first kappa shape index (κ1) is 14.4. The molecule has 1 aromatic rings. The predicted octanol–water partition coefficient (Wildman–Crippen LogP) is 2.71. The van der Waals surface area contributed by atoms with E-state index in [4.69, 9.17) is 4.74 Å². The third kappa shape index (κ3) is 3.10. The Morgan fingerprint density at radius 3 is 2.74 bits per heavy atom. The molecule has 0 radical (unpaired) electrons. The second-order valence-corrected chi connectivity index (χ2v) is 5.48. The standard InChI is InChI=1S/C16H26N2O/c1-11-12(2)16(19-4)8-7-14(11)15(17-3)10-13-6-5-9-18-13/h7-8,13,15,17-18H,5-6,9-10H2,1-4H3. The van der Waals surface area contributed by atoms with Crippen LogP contribution in [0.3, 0.4) is 0 Å². The summed E-state index contributed by atoms with van der Waals surface area (Å²) in [7, 11) is 3.79. The largest absolute Gasteiger partial charge is 0.496 e. The Kier molecular flexibility index (Phi) is 4.83. The Morgan fingerprint density at radius 1 is 1.37 bits per heavy atom. The van der Waals surface area contributed by atoms with E-state index < -0.39 is 0 Å². The number of hydrogen-bond donors (Lipinski definition) is 2. The first-order valence-electron chi connectivity index (χ1n) is 7.22. The molecule has 0 saturated carbocycles. The van der Waals surface area contributed by atoms with Crippen LogP contribution in [-0.4, -0.2) is 26.7 Å². The smallest absolute Gasteiger partial charge is 0.122 e. The first-order valence-corrected chi connectivity index (χ1v) is 7.22. The second-order valence-electron chi connectivity index (χ2n) is 5.48. The monoisotopic (exact) mass is 262 g/mol. The first-order chi connectivity index (χ1) is 9.17. The quantitative estimate of drug-likeness (QED) is 0.856. The van der Waals surface area contributed by atoms with Gasteiger partial charge >= 0.3 is 0 Å². The number of ether oxygens (including phenoxy) is 1. The molecule has 2 N–H and O–H groups in total. The van der Waals surface area contributed by atoms with E-state index in [1.165, 1.54) is 36.1 Å². The second kappa shape index (κ2) is 6.40. The van der Waals surface area contributed by atoms with Crippen LogP contribution in [0.2, 0.25) is 0 Å². The Hall–Kier alpha value is -1.06. The summed E-state index contributed by atoms with van der Waals surface area (Å²) in [6.07, 6.45) is 3.76. The normalized spacial score (nSPS) is 20.5. The number of hydrogen-bond acceptors (Lipinski definition) is 3. The van der Waals surface area contributed by atoms with Crippen molar-refractivity contribution < 1.29 is 4.74 Å². The highest BCUT2D eigenvalue weighted by Crippen LogP contribution is 2.30. The molecule has 0 spiro atoms. The zero-order valence-electron chi connectivity index (χ0n) is 12.5. The molecule has 0 amide bonds. The van der Waals surface area contributed by atoms with Gasteiger partial charge < -0.3 is 15.4 Å². The maximum atomic E-state index is 5.39. The summed E-state index contributed by atoms with van der Waals surface area (Å²) in [6.45, 7) is 5.50. The fourth-order valence-electron chi connectivity index (χ4n) is 3.06. The third-order valence-corrected chi connectivity index (χ3v) is 4.41. The summed E-state index contributed by atoms with van der Waals surface area (Å²) in [5.74, 6) is 0.982. The van der Waals surface area contributed by atoms with Gasteiger partial charge in [-0.25, -0.2) is 0 Å². The van der Waals surface area contributed by atoms with E-state index in [1.807, 2.05) is 0 Å². The van der Waals surface area contributed by atoms with Crippen LogP contribution in [-0.2, 0) is 0 Å². The van der Waals surface area contributed by atoms with Gasteiger partial charge in [-0.3, -0.25) is 0 Å². The van der Waals surface area contributed by atoms with Gasteiger partial charge in [0, 0.05) is 12.1 Å². The SMILES string of the molecule is CNC(CC1CCCN1)c1ccc(OC)c(C)c1C. The Labute approximate surface area is 116 Å². The van der Waals surface area contributed by atoms with Crippen molar-refractivity contribution in [1.82, 2.24) is 10.6 Å². The van der Waals surface area contributed by atoms with Gasteiger partial charge in [0.05, 0.1) is 7.11 Å². The van der Waals surface area contributed by atoms with Crippen LogP contribution in [0.1, 0.15) is 42.0 Å². The van der Waals surface area contributed by atoms with Crippen molar-refractivity contribution in [2.75, 3.05) is 20.7 Å². The molecule has 106 valence electrons. The van der Waals surface area contributed by atoms with Crippen LogP contribution in [0, 0.1) is 13.8 Å². The molecule has 2 atom stereocenters. The molecular formula is C16H26N2O. The lowest BCUT2D eigenvalue weighted by atomic mass is 9.92. The molecule has 1 aromatic carbocycles. The fourth-order valence-corrected chi connectivity index (χ4v) is 3.06. The van der Waals surface area contributed by atoms with Crippen molar-refractivity contribution in [2.45, 2.75) is 45.2 Å². The highest BCUT2D eigenvalue weighted by molar-refractivity contribution is 5.44. The van der Waals surface area contributed by atoms with Crippen molar-refractivity contribution in [3.8, 4) is 5.75 Å². The van der Waals surface area contributed by atoms with Gasteiger partial charge in [0.25, 0.3) is 0 Å². The highest BCUT2D eigenvalue weighted by atomic mass is 16.5. The molecular weight excluding hydrogens is 236 g/mol. The third-order valence-electron chi connectivity index (χ3n) is 4.41. The summed E-state index contributed by atoms with van der Waals surface area (Å²) >= 11 is 0. The van der Waals surface area contributed by atoms with Gasteiger partial charge in [-0.2, -0.15) is 0 Å². The summed E-state index contributed by atoms with van der Waals surface area (Å²) in [5, 5.41) is 7.05. The molecule has 0 aromatic heterocycles. The molecule has 1 aliphatic heterocycles. The van der Waals surface area contributed by atoms with Crippen LogP contribution in [0.25, 0.3) is 0 Å². The molecule has 1 fully saturated rings. The molecule has 3 heteroatoms. The summed E-state index contributed by atoms with van der Waals surface area (Å²) in [6, 6.07) is 5.36. The van der Waals surface area contributed by atoms with Crippen LogP contribution >= 0.6 is 0 Å². The van der Waals surface area contributed by atoms with Gasteiger partial charge in [-0.15, -0.1) is 0 Å². The molecule has 1 heterocycles. The fraction of sp³-hybridized carbons (Fsp3) is 0.625. The Balaban J connectivity index is 2.20. The molecule has 2 rings (SSSR count). The predicted molar refractivity (Wildman–Crippen MR) is 79.9 cm³/mol. The van der Waals surface area contributed by atoms with Gasteiger partial charge in [-0.1, -0.05) is 6.07 Å². The zero-order valence-corrected chi connectivity index (χ0v) is 12.5. The molecule has 2 unspecified atom stereocenters. The average Bonchev–Trinajstić information content (AvgIpc) is 2.92. The van der Waals surface area contributed by atoms with Crippen molar-refractivity contribution in [3.63, 3.8) is 0 Å². The minimum absolute atomic E-state index is 0.417. The van der Waals surface area contributed by atoms with Crippen molar-refractivity contribution in [2.24, 2.45) is 0 Å². The van der Waals surface area contributed by atoms with Crippen molar-refractivity contribution in [1.29, 1.82) is 0 Å². The number of rotatable bonds is 5. The molecule has 3 nitrogen and oxygen atoms in total. The number of nitrogens with one attached hydrogen (secondary N) is 2. The topological polar surface area (TPSA) is 33.3 Å². The highest BCUT2D eigenvalue weighted by Gasteiger charge is 2.21. The minimum atomic E-state index is 0.417. The lowest BCUT2D eigenvalue weighted by Gasteiger charge is -2.24. The van der Waals surface area contributed by atoms with E-state index in [-0.39, 0.29) is 0 Å². The molecule has 0 bridgehead atoms. The summed E-state index contributed by atoms with van der Waals surface area (Å²) in [4.78, 5) is 0. The van der Waals surface area contributed by atoms with E-state index in [1.54, 1.807) is 7.11 Å². The number of benzene rings is 1. The average molecular weight is 262 g/mol. The summed E-state index contributed by atoms with van der Waals surface area (Å²) in [5.41, 5.74) is 3.99. The van der Waals surface area contributed by atoms with E-state index >= 15 is 0 Å². The Bertz CT molecular complexity index is 425. The Morgan fingerprint density at radius 2 is 2.16 bits per heavy atom. The number of methoxy groups -OCH3 is 1. The van der Waals surface area contributed by atoms with E-state index in [0.29, 0.717) is 12.1 Å². The summed E-state index contributed by atoms with van der Waals surface area (Å²) < 4.78 is 5.39. The molecule has 0 aliphatic carbocycles. The van der Waals surface area contributed by atoms with Crippen LogP contribution in [0.5, 0.6) is 5.75 Å². The maximum absolute atomic E-state index is 5.39. The van der Waals surface area contributed by atoms with Gasteiger partial charge in [0.15, 0.2) is 0 Å². The zero-order chi connectivity index (χ0) is 13.8. The lowest BCUT2D eigenvalue weighted by Crippen LogP contribution is -2.29. The van der Waals surface area contributed by atoms with Crippen LogP contribution in [0.4, 0.5) is 0 Å². The van der Waals surface area contributed by atoms with Crippen molar-refractivity contribution in [3.05, 3.63) is 28.8 Å². The minimum Gasteiger partial charge on any atom is -0.496 e. The van der Waals surface area contributed by atoms with Gasteiger partial charge in [0.1, 0.15) is 5.75 Å².